The van der Waals surface area contributed by atoms with Crippen LogP contribution in [0.3, 0.4) is 0 Å². The smallest absolute Gasteiger partial charge is 0.319 e. The van der Waals surface area contributed by atoms with Crippen LogP contribution in [0.25, 0.3) is 33.2 Å². The van der Waals surface area contributed by atoms with Crippen LogP contribution in [-0.4, -0.2) is 27.1 Å². The number of aryl methyl sites for hydroxylation is 1. The summed E-state index contributed by atoms with van der Waals surface area (Å²) < 4.78 is 1.99. The van der Waals surface area contributed by atoms with Gasteiger partial charge in [0.1, 0.15) is 5.69 Å². The Morgan fingerprint density at radius 2 is 2.00 bits per heavy atom. The number of para-hydroxylation sites is 1. The largest absolute Gasteiger partial charge is 0.350 e. The van der Waals surface area contributed by atoms with E-state index < -0.39 is 0 Å². The maximum atomic E-state index is 12.8. The highest BCUT2D eigenvalue weighted by Crippen LogP contribution is 2.28. The molecule has 2 aromatic heterocycles. The van der Waals surface area contributed by atoms with Gasteiger partial charge in [-0.1, -0.05) is 38.0 Å². The van der Waals surface area contributed by atoms with Crippen LogP contribution in [0, 0.1) is 0 Å². The van der Waals surface area contributed by atoms with E-state index in [9.17, 15) is 9.59 Å². The van der Waals surface area contributed by atoms with Crippen molar-refractivity contribution < 1.29 is 4.79 Å². The first-order chi connectivity index (χ1) is 14.6. The number of rotatable bonds is 6. The second-order valence-electron chi connectivity index (χ2n) is 7.41. The number of urea groups is 1. The van der Waals surface area contributed by atoms with Crippen LogP contribution in [-0.2, 0) is 7.05 Å². The van der Waals surface area contributed by atoms with Gasteiger partial charge in [0.15, 0.2) is 0 Å². The lowest BCUT2D eigenvalue weighted by molar-refractivity contribution is 0.252. The van der Waals surface area contributed by atoms with E-state index in [0.29, 0.717) is 29.0 Å². The molecule has 7 nitrogen and oxygen atoms in total. The van der Waals surface area contributed by atoms with E-state index in [0.717, 1.165) is 35.7 Å². The van der Waals surface area contributed by atoms with Gasteiger partial charge in [0.2, 0.25) is 0 Å². The van der Waals surface area contributed by atoms with E-state index in [1.165, 1.54) is 0 Å². The van der Waals surface area contributed by atoms with E-state index in [1.54, 1.807) is 18.2 Å². The number of hydrogen-bond donors (Lipinski definition) is 3. The van der Waals surface area contributed by atoms with Crippen molar-refractivity contribution in [2.24, 2.45) is 7.05 Å². The number of aromatic nitrogens is 3. The summed E-state index contributed by atoms with van der Waals surface area (Å²) in [6, 6.07) is 13.0. The lowest BCUT2D eigenvalue weighted by Crippen LogP contribution is -2.29. The number of nitrogens with one attached hydrogen (secondary N) is 3. The molecule has 3 N–H and O–H groups in total. The summed E-state index contributed by atoms with van der Waals surface area (Å²) in [5, 5.41) is 6.62. The standard InChI is InChI=1S/C23H25N5O2/c1-3-4-7-12-24-23(30)25-15-10-11-18-19(13-15)27-22(29)21(26-18)17-14-28(2)20-9-6-5-8-16(17)20/h5-6,8-11,13-14H,3-4,7,12H2,1-2H3,(H,27,29)(H2,24,25,30). The van der Waals surface area contributed by atoms with E-state index in [2.05, 4.69) is 27.5 Å². The molecule has 0 fully saturated rings. The zero-order valence-corrected chi connectivity index (χ0v) is 17.2. The molecule has 0 bridgehead atoms. The topological polar surface area (TPSA) is 91.8 Å². The number of hydrogen-bond acceptors (Lipinski definition) is 3. The molecule has 4 aromatic rings. The molecule has 4 rings (SSSR count). The van der Waals surface area contributed by atoms with Crippen molar-refractivity contribution in [3.63, 3.8) is 0 Å². The number of anilines is 1. The average Bonchev–Trinajstić information content (AvgIpc) is 3.07. The van der Waals surface area contributed by atoms with Crippen LogP contribution in [0.15, 0.2) is 53.5 Å². The lowest BCUT2D eigenvalue weighted by atomic mass is 10.1. The number of H-pyrrole nitrogens is 1. The first-order valence-corrected chi connectivity index (χ1v) is 10.2. The molecule has 2 amide bonds. The SMILES string of the molecule is CCCCCNC(=O)Nc1ccc2nc(-c3cn(C)c4ccccc34)c(=O)[nH]c2c1. The van der Waals surface area contributed by atoms with Crippen LogP contribution in [0.2, 0.25) is 0 Å². The molecular weight excluding hydrogens is 378 g/mol. The van der Waals surface area contributed by atoms with E-state index in [1.807, 2.05) is 42.1 Å². The summed E-state index contributed by atoms with van der Waals surface area (Å²) in [4.78, 5) is 32.3. The molecule has 0 radical (unpaired) electrons. The molecule has 0 unspecified atom stereocenters. The molecule has 30 heavy (non-hydrogen) atoms. The first-order valence-electron chi connectivity index (χ1n) is 10.2. The molecule has 0 saturated carbocycles. The second kappa shape index (κ2) is 8.41. The van der Waals surface area contributed by atoms with Crippen LogP contribution >= 0.6 is 0 Å². The number of aromatic amines is 1. The summed E-state index contributed by atoms with van der Waals surface area (Å²) in [6.45, 7) is 2.76. The minimum absolute atomic E-state index is 0.256. The third-order valence-corrected chi connectivity index (χ3v) is 5.17. The van der Waals surface area contributed by atoms with Gasteiger partial charge >= 0.3 is 6.03 Å². The molecule has 0 saturated heterocycles. The summed E-state index contributed by atoms with van der Waals surface area (Å²) in [5.74, 6) is 0. The average molecular weight is 403 g/mol. The van der Waals surface area contributed by atoms with Crippen LogP contribution in [0.5, 0.6) is 0 Å². The molecule has 2 aromatic carbocycles. The molecule has 0 aliphatic rings. The van der Waals surface area contributed by atoms with Crippen molar-refractivity contribution >= 4 is 33.7 Å². The molecule has 0 aliphatic heterocycles. The van der Waals surface area contributed by atoms with Crippen LogP contribution in [0.1, 0.15) is 26.2 Å². The molecule has 2 heterocycles. The summed E-state index contributed by atoms with van der Waals surface area (Å²) >= 11 is 0. The number of carbonyl (C=O) groups excluding carboxylic acids is 1. The fourth-order valence-electron chi connectivity index (χ4n) is 3.63. The third kappa shape index (κ3) is 3.91. The van der Waals surface area contributed by atoms with Gasteiger partial charge in [0.05, 0.1) is 11.0 Å². The van der Waals surface area contributed by atoms with Gasteiger partial charge in [-0.15, -0.1) is 0 Å². The Kier molecular flexibility index (Phi) is 5.52. The van der Waals surface area contributed by atoms with Crippen molar-refractivity contribution in [1.82, 2.24) is 19.9 Å². The second-order valence-corrected chi connectivity index (χ2v) is 7.41. The summed E-state index contributed by atoms with van der Waals surface area (Å²) in [6.07, 6.45) is 5.07. The van der Waals surface area contributed by atoms with Gasteiger partial charge in [0.25, 0.3) is 5.56 Å². The fourth-order valence-corrected chi connectivity index (χ4v) is 3.63. The number of nitrogens with zero attached hydrogens (tertiary/aromatic N) is 2. The Morgan fingerprint density at radius 3 is 2.83 bits per heavy atom. The van der Waals surface area contributed by atoms with Crippen LogP contribution in [0.4, 0.5) is 10.5 Å². The van der Waals surface area contributed by atoms with Gasteiger partial charge < -0.3 is 20.2 Å². The highest BCUT2D eigenvalue weighted by Gasteiger charge is 2.14. The molecule has 154 valence electrons. The Balaban J connectivity index is 1.61. The number of carbonyl (C=O) groups is 1. The summed E-state index contributed by atoms with van der Waals surface area (Å²) in [5.41, 5.74) is 3.79. The van der Waals surface area contributed by atoms with Crippen molar-refractivity contribution in [1.29, 1.82) is 0 Å². The monoisotopic (exact) mass is 403 g/mol. The number of amides is 2. The Bertz CT molecular complexity index is 1270. The van der Waals surface area contributed by atoms with Gasteiger partial charge in [-0.25, -0.2) is 9.78 Å². The number of unbranched alkanes of at least 4 members (excludes halogenated alkanes) is 2. The predicted molar refractivity (Wildman–Crippen MR) is 121 cm³/mol. The molecule has 0 atom stereocenters. The van der Waals surface area contributed by atoms with Gasteiger partial charge in [-0.2, -0.15) is 0 Å². The molecule has 0 spiro atoms. The van der Waals surface area contributed by atoms with E-state index in [-0.39, 0.29) is 11.6 Å². The fraction of sp³-hybridized carbons (Fsp3) is 0.261. The maximum Gasteiger partial charge on any atom is 0.319 e. The molecular formula is C23H25N5O2. The normalized spacial score (nSPS) is 11.1. The van der Waals surface area contributed by atoms with Gasteiger partial charge in [-0.05, 0) is 30.7 Å². The van der Waals surface area contributed by atoms with Gasteiger partial charge in [-0.3, -0.25) is 4.79 Å². The predicted octanol–water partition coefficient (Wildman–Crippen LogP) is 4.39. The minimum atomic E-state index is -0.264. The molecule has 7 heteroatoms. The van der Waals surface area contributed by atoms with Crippen molar-refractivity contribution in [2.75, 3.05) is 11.9 Å². The first kappa shape index (κ1) is 19.7. The third-order valence-electron chi connectivity index (χ3n) is 5.17. The Labute approximate surface area is 174 Å². The van der Waals surface area contributed by atoms with E-state index >= 15 is 0 Å². The Hall–Kier alpha value is -3.61. The van der Waals surface area contributed by atoms with Crippen molar-refractivity contribution in [3.05, 3.63) is 59.0 Å². The van der Waals surface area contributed by atoms with Crippen LogP contribution < -0.4 is 16.2 Å². The highest BCUT2D eigenvalue weighted by atomic mass is 16.2. The zero-order chi connectivity index (χ0) is 21.1. The lowest BCUT2D eigenvalue weighted by Gasteiger charge is -2.08. The molecule has 0 aliphatic carbocycles. The quantitative estimate of drug-likeness (QED) is 0.417. The zero-order valence-electron chi connectivity index (χ0n) is 17.2. The van der Waals surface area contributed by atoms with Gasteiger partial charge in [0, 0.05) is 41.9 Å². The Morgan fingerprint density at radius 1 is 1.17 bits per heavy atom. The van der Waals surface area contributed by atoms with Crippen molar-refractivity contribution in [3.8, 4) is 11.3 Å². The van der Waals surface area contributed by atoms with Crippen molar-refractivity contribution in [2.45, 2.75) is 26.2 Å². The highest BCUT2D eigenvalue weighted by molar-refractivity contribution is 5.96. The maximum absolute atomic E-state index is 12.8. The van der Waals surface area contributed by atoms with E-state index in [4.69, 9.17) is 0 Å². The minimum Gasteiger partial charge on any atom is -0.350 e. The summed E-state index contributed by atoms with van der Waals surface area (Å²) in [7, 11) is 1.95. The number of fused-ring (bicyclic) bond motifs is 2. The number of benzene rings is 2.